The molecule has 0 N–H and O–H groups in total. The van der Waals surface area contributed by atoms with E-state index in [1.54, 1.807) is 31.2 Å². The van der Waals surface area contributed by atoms with Gasteiger partial charge in [0.25, 0.3) is 0 Å². The van der Waals surface area contributed by atoms with Crippen molar-refractivity contribution in [1.82, 2.24) is 29.7 Å². The summed E-state index contributed by atoms with van der Waals surface area (Å²) in [4.78, 5) is 20.7. The van der Waals surface area contributed by atoms with E-state index in [2.05, 4.69) is 37.2 Å². The Morgan fingerprint density at radius 1 is 0.941 bits per heavy atom. The first kappa shape index (κ1) is 25.2. The molecule has 0 saturated heterocycles. The minimum atomic E-state index is -4.56. The quantitative estimate of drug-likeness (QED) is 0.296. The molecule has 34 heavy (non-hydrogen) atoms. The smallest absolute Gasteiger partial charge is 0.394 e. The van der Waals surface area contributed by atoms with Crippen LogP contribution in [0.25, 0.3) is 22.1 Å². The molecule has 0 atom stereocenters. The van der Waals surface area contributed by atoms with Gasteiger partial charge in [-0.1, -0.05) is 24.4 Å². The topological polar surface area (TPSA) is 73.7 Å². The largest absolute Gasteiger partial charge is 2.00 e. The van der Waals surface area contributed by atoms with Crippen molar-refractivity contribution < 1.29 is 34.2 Å². The van der Waals surface area contributed by atoms with E-state index in [0.717, 1.165) is 10.7 Å². The van der Waals surface area contributed by atoms with Crippen molar-refractivity contribution in [3.8, 4) is 17.2 Å². The Bertz CT molecular complexity index is 1370. The van der Waals surface area contributed by atoms with E-state index < -0.39 is 17.3 Å². The average molecular weight is 643 g/mol. The van der Waals surface area contributed by atoms with E-state index >= 15 is 0 Å². The van der Waals surface area contributed by atoms with Crippen LogP contribution in [0.3, 0.4) is 0 Å². The summed E-state index contributed by atoms with van der Waals surface area (Å²) in [7, 11) is 0. The van der Waals surface area contributed by atoms with Crippen LogP contribution in [0.4, 0.5) is 19.1 Å². The number of hydrogen-bond acceptors (Lipinski definition) is 5. The van der Waals surface area contributed by atoms with E-state index in [-0.39, 0.29) is 32.8 Å². The molecule has 0 saturated carbocycles. The molecule has 7 nitrogen and oxygen atoms in total. The van der Waals surface area contributed by atoms with Crippen LogP contribution in [-0.2, 0) is 32.7 Å². The third-order valence-corrected chi connectivity index (χ3v) is 4.92. The maximum Gasteiger partial charge on any atom is 2.00 e. The van der Waals surface area contributed by atoms with Crippen molar-refractivity contribution in [3.63, 3.8) is 0 Å². The molecule has 0 bridgehead atoms. The summed E-state index contributed by atoms with van der Waals surface area (Å²) in [5, 5.41) is 3.54. The van der Waals surface area contributed by atoms with Gasteiger partial charge in [-0.25, -0.2) is 0 Å². The summed E-state index contributed by atoms with van der Waals surface area (Å²) in [5.74, 6) is 0.212. The first-order chi connectivity index (χ1) is 15.6. The van der Waals surface area contributed by atoms with Gasteiger partial charge >= 0.3 is 33.2 Å². The van der Waals surface area contributed by atoms with Crippen molar-refractivity contribution in [3.05, 3.63) is 88.9 Å². The van der Waals surface area contributed by atoms with Crippen LogP contribution >= 0.6 is 0 Å². The second-order valence-corrected chi connectivity index (χ2v) is 7.68. The summed E-state index contributed by atoms with van der Waals surface area (Å²) < 4.78 is 39.7. The third kappa shape index (κ3) is 5.05. The molecule has 0 fully saturated rings. The molecule has 4 rings (SSSR count). The zero-order valence-electron chi connectivity index (χ0n) is 18.1. The number of aryl methyl sites for hydroxylation is 1. The van der Waals surface area contributed by atoms with Crippen LogP contribution in [0.1, 0.15) is 36.6 Å². The van der Waals surface area contributed by atoms with Crippen LogP contribution in [-0.4, -0.2) is 29.7 Å². The fraction of sp³-hybridized carbons (Fsp3) is 0.217. The Labute approximate surface area is 208 Å². The first-order valence-electron chi connectivity index (χ1n) is 9.74. The average Bonchev–Trinajstić information content (AvgIpc) is 3.30. The number of aromatic nitrogens is 6. The first-order valence-corrected chi connectivity index (χ1v) is 9.74. The van der Waals surface area contributed by atoms with E-state index in [1.165, 1.54) is 0 Å². The normalized spacial score (nSPS) is 11.6. The zero-order chi connectivity index (χ0) is 23.8. The van der Waals surface area contributed by atoms with Crippen molar-refractivity contribution in [2.24, 2.45) is 0 Å². The minimum absolute atomic E-state index is 0. The van der Waals surface area contributed by atoms with Crippen LogP contribution < -0.4 is 0 Å². The molecule has 174 valence electrons. The van der Waals surface area contributed by atoms with Gasteiger partial charge in [-0.2, -0.15) is 29.2 Å². The predicted octanol–water partition coefficient (Wildman–Crippen LogP) is 4.92. The molecule has 0 unspecified atom stereocenters. The molecule has 4 aromatic heterocycles. The Kier molecular flexibility index (Phi) is 6.99. The van der Waals surface area contributed by atoms with Gasteiger partial charge in [-0.15, -0.1) is 18.7 Å². The van der Waals surface area contributed by atoms with Crippen molar-refractivity contribution >= 4 is 5.95 Å². The summed E-state index contributed by atoms with van der Waals surface area (Å²) in [6.45, 7) is 12.7. The summed E-state index contributed by atoms with van der Waals surface area (Å²) in [5.41, 5.74) is 0.919. The minimum Gasteiger partial charge on any atom is -0.394 e. The summed E-state index contributed by atoms with van der Waals surface area (Å²) >= 11 is 0. The monoisotopic (exact) mass is 642 g/mol. The maximum atomic E-state index is 12.9. The van der Waals surface area contributed by atoms with Gasteiger partial charge < -0.3 is 14.5 Å². The number of pyridine rings is 2. The Hall–Kier alpha value is -3.44. The van der Waals surface area contributed by atoms with Gasteiger partial charge in [0.2, 0.25) is 0 Å². The summed E-state index contributed by atoms with van der Waals surface area (Å²) in [6.07, 6.45) is -2.10. The van der Waals surface area contributed by atoms with E-state index in [9.17, 15) is 13.2 Å². The molecule has 0 spiro atoms. The third-order valence-electron chi connectivity index (χ3n) is 4.92. The van der Waals surface area contributed by atoms with Crippen LogP contribution in [0.5, 0.6) is 0 Å². The van der Waals surface area contributed by atoms with Crippen LogP contribution in [0, 0.1) is 25.8 Å². The standard InChI is InChI=1S/C23H16F3N7.Pt/c1-14-13-16(30-21(27-4)28-14)15-7-5-8-17(29-15)22(2,3)18-9-6-10-20(31-18)33-12-11-19(32-33)23(24,25)26;/h5-11H,1-3H3;/q-2;+2. The molecule has 4 heterocycles. The van der Waals surface area contributed by atoms with Gasteiger partial charge in [0.05, 0.1) is 11.5 Å². The van der Waals surface area contributed by atoms with E-state index in [1.807, 2.05) is 26.0 Å². The van der Waals surface area contributed by atoms with Gasteiger partial charge in [0, 0.05) is 22.5 Å². The zero-order valence-corrected chi connectivity index (χ0v) is 20.4. The molecule has 0 aliphatic rings. The van der Waals surface area contributed by atoms with Crippen molar-refractivity contribution in [1.29, 1.82) is 0 Å². The van der Waals surface area contributed by atoms with Gasteiger partial charge in [0.1, 0.15) is 0 Å². The molecular formula is C23H16F3N7Pt. The molecule has 4 aromatic rings. The fourth-order valence-corrected chi connectivity index (χ4v) is 3.15. The number of hydrogen-bond donors (Lipinski definition) is 0. The van der Waals surface area contributed by atoms with Crippen molar-refractivity contribution in [2.45, 2.75) is 32.4 Å². The number of halogens is 3. The van der Waals surface area contributed by atoms with E-state index in [4.69, 9.17) is 11.6 Å². The SMILES string of the molecule is [C-]#[N+]c1nc(C)[c-]c(-c2cccc(C(C)(C)c3cccc(-n4[c-]cc(C(F)(F)F)n4)n3)n2)n1.[Pt+2]. The number of nitrogens with zero attached hydrogens (tertiary/aromatic N) is 7. The Morgan fingerprint density at radius 2 is 1.62 bits per heavy atom. The summed E-state index contributed by atoms with van der Waals surface area (Å²) in [6, 6.07) is 14.2. The van der Waals surface area contributed by atoms with Gasteiger partial charge in [-0.05, 0) is 44.3 Å². The van der Waals surface area contributed by atoms with Crippen LogP contribution in [0.15, 0.2) is 42.5 Å². The fourth-order valence-electron chi connectivity index (χ4n) is 3.15. The van der Waals surface area contributed by atoms with Crippen LogP contribution in [0.2, 0.25) is 0 Å². The number of alkyl halides is 3. The molecule has 0 aliphatic heterocycles. The second kappa shape index (κ2) is 9.43. The van der Waals surface area contributed by atoms with Crippen molar-refractivity contribution in [2.75, 3.05) is 0 Å². The molecule has 0 radical (unpaired) electrons. The maximum absolute atomic E-state index is 12.9. The van der Waals surface area contributed by atoms with E-state index in [0.29, 0.717) is 28.5 Å². The predicted molar refractivity (Wildman–Crippen MR) is 112 cm³/mol. The van der Waals surface area contributed by atoms with Gasteiger partial charge in [0.15, 0.2) is 0 Å². The molecule has 0 aliphatic carbocycles. The van der Waals surface area contributed by atoms with Gasteiger partial charge in [-0.3, -0.25) is 10.1 Å². The Morgan fingerprint density at radius 3 is 2.26 bits per heavy atom. The molecule has 0 amide bonds. The Balaban J connectivity index is 0.00000324. The molecule has 11 heteroatoms. The number of rotatable bonds is 4. The second-order valence-electron chi connectivity index (χ2n) is 7.68. The molecular weight excluding hydrogens is 626 g/mol. The molecule has 0 aromatic carbocycles.